The van der Waals surface area contributed by atoms with Crippen molar-refractivity contribution < 1.29 is 14.4 Å². The molecule has 6 heteroatoms. The number of nitrogens with one attached hydrogen (secondary N) is 1. The second kappa shape index (κ2) is 8.40. The molecule has 0 radical (unpaired) electrons. The number of hydrogen-bond acceptors (Lipinski definition) is 4. The summed E-state index contributed by atoms with van der Waals surface area (Å²) in [6.07, 6.45) is 2.59. The van der Waals surface area contributed by atoms with Crippen LogP contribution < -0.4 is 5.32 Å². The maximum absolute atomic E-state index is 12.5. The van der Waals surface area contributed by atoms with Gasteiger partial charge in [0.2, 0.25) is 0 Å². The van der Waals surface area contributed by atoms with Crippen molar-refractivity contribution in [3.8, 4) is 0 Å². The highest BCUT2D eigenvalue weighted by Gasteiger charge is 2.33. The molecule has 6 nitrogen and oxygen atoms in total. The summed E-state index contributed by atoms with van der Waals surface area (Å²) in [5.74, 6) is -0.204. The average Bonchev–Trinajstić information content (AvgIpc) is 2.97. The van der Waals surface area contributed by atoms with Crippen LogP contribution in [0.2, 0.25) is 0 Å². The van der Waals surface area contributed by atoms with Crippen LogP contribution in [0.3, 0.4) is 0 Å². The molecule has 2 aliphatic heterocycles. The number of piperidine rings is 1. The van der Waals surface area contributed by atoms with E-state index in [0.717, 1.165) is 36.0 Å². The van der Waals surface area contributed by atoms with Gasteiger partial charge in [0.25, 0.3) is 17.7 Å². The van der Waals surface area contributed by atoms with E-state index in [-0.39, 0.29) is 23.3 Å². The summed E-state index contributed by atoms with van der Waals surface area (Å²) >= 11 is 0. The lowest BCUT2D eigenvalue weighted by molar-refractivity contribution is 0.0693. The highest BCUT2D eigenvalue weighted by atomic mass is 16.2. The quantitative estimate of drug-likeness (QED) is 0.777. The van der Waals surface area contributed by atoms with E-state index in [1.165, 1.54) is 31.5 Å². The van der Waals surface area contributed by atoms with Gasteiger partial charge in [0, 0.05) is 32.2 Å². The molecule has 1 unspecified atom stereocenters. The van der Waals surface area contributed by atoms with Gasteiger partial charge in [-0.25, -0.2) is 0 Å². The Hall–Kier alpha value is -2.99. The second-order valence-corrected chi connectivity index (χ2v) is 8.41. The molecule has 30 heavy (non-hydrogen) atoms. The highest BCUT2D eigenvalue weighted by Crippen LogP contribution is 2.23. The van der Waals surface area contributed by atoms with Gasteiger partial charge >= 0.3 is 0 Å². The number of benzene rings is 2. The van der Waals surface area contributed by atoms with Crippen LogP contribution in [-0.2, 0) is 13.1 Å². The van der Waals surface area contributed by atoms with E-state index < -0.39 is 0 Å². The number of amides is 3. The second-order valence-electron chi connectivity index (χ2n) is 8.41. The Morgan fingerprint density at radius 1 is 1.03 bits per heavy atom. The maximum Gasteiger partial charge on any atom is 0.261 e. The first-order valence-corrected chi connectivity index (χ1v) is 10.5. The number of imide groups is 1. The van der Waals surface area contributed by atoms with Crippen LogP contribution in [0.1, 0.15) is 62.0 Å². The van der Waals surface area contributed by atoms with Crippen molar-refractivity contribution in [3.05, 3.63) is 70.3 Å². The van der Waals surface area contributed by atoms with Gasteiger partial charge in [-0.2, -0.15) is 0 Å². The Morgan fingerprint density at radius 3 is 2.47 bits per heavy atom. The van der Waals surface area contributed by atoms with Gasteiger partial charge in [-0.1, -0.05) is 31.2 Å². The number of carbonyl (C=O) groups excluding carboxylic acids is 3. The molecular weight excluding hydrogens is 378 g/mol. The zero-order chi connectivity index (χ0) is 21.3. The minimum absolute atomic E-state index is 0.265. The Labute approximate surface area is 176 Å². The molecule has 2 heterocycles. The fourth-order valence-electron chi connectivity index (χ4n) is 4.24. The predicted octanol–water partition coefficient (Wildman–Crippen LogP) is 3.07. The third kappa shape index (κ3) is 4.14. The number of carbonyl (C=O) groups is 3. The average molecular weight is 405 g/mol. The molecule has 3 amide bonds. The van der Waals surface area contributed by atoms with E-state index in [4.69, 9.17) is 0 Å². The van der Waals surface area contributed by atoms with Crippen molar-refractivity contribution in [1.29, 1.82) is 0 Å². The predicted molar refractivity (Wildman–Crippen MR) is 114 cm³/mol. The Morgan fingerprint density at radius 2 is 1.73 bits per heavy atom. The van der Waals surface area contributed by atoms with Crippen LogP contribution in [0.25, 0.3) is 0 Å². The summed E-state index contributed by atoms with van der Waals surface area (Å²) in [6.45, 7) is 6.00. The van der Waals surface area contributed by atoms with Gasteiger partial charge in [-0.05, 0) is 54.6 Å². The van der Waals surface area contributed by atoms with E-state index in [1.54, 1.807) is 12.1 Å². The summed E-state index contributed by atoms with van der Waals surface area (Å²) in [4.78, 5) is 40.2. The maximum atomic E-state index is 12.5. The largest absolute Gasteiger partial charge is 0.348 e. The van der Waals surface area contributed by atoms with Crippen LogP contribution in [0.15, 0.2) is 42.5 Å². The molecule has 1 atom stereocenters. The fourth-order valence-corrected chi connectivity index (χ4v) is 4.24. The first-order valence-electron chi connectivity index (χ1n) is 10.5. The molecule has 156 valence electrons. The third-order valence-electron chi connectivity index (χ3n) is 5.98. The van der Waals surface area contributed by atoms with E-state index in [1.807, 2.05) is 12.1 Å². The smallest absolute Gasteiger partial charge is 0.261 e. The van der Waals surface area contributed by atoms with Crippen LogP contribution in [0.5, 0.6) is 0 Å². The number of nitrogens with zero attached hydrogens (tertiary/aromatic N) is 2. The standard InChI is InChI=1S/C24H27N3O3/c1-16-4-3-11-27(14-16)15-18-7-5-17(6-8-18)13-25-22(28)19-9-10-20-21(12-19)24(30)26(2)23(20)29/h5-10,12,16H,3-4,11,13-15H2,1-2H3,(H,25,28). The van der Waals surface area contributed by atoms with Crippen molar-refractivity contribution in [2.45, 2.75) is 32.9 Å². The number of fused-ring (bicyclic) bond motifs is 1. The minimum atomic E-state index is -0.372. The molecule has 1 fully saturated rings. The zero-order valence-corrected chi connectivity index (χ0v) is 17.5. The Balaban J connectivity index is 1.34. The van der Waals surface area contributed by atoms with Crippen LogP contribution >= 0.6 is 0 Å². The minimum Gasteiger partial charge on any atom is -0.348 e. The number of likely N-dealkylation sites (tertiary alicyclic amines) is 1. The van der Waals surface area contributed by atoms with Gasteiger partial charge in [0.15, 0.2) is 0 Å². The normalized spacial score (nSPS) is 19.1. The SMILES string of the molecule is CC1CCCN(Cc2ccc(CNC(=O)c3ccc4c(c3)C(=O)N(C)C4=O)cc2)C1. The monoisotopic (exact) mass is 405 g/mol. The molecule has 4 rings (SSSR count). The lowest BCUT2D eigenvalue weighted by Crippen LogP contribution is -2.33. The van der Waals surface area contributed by atoms with Crippen LogP contribution in [-0.4, -0.2) is 47.7 Å². The van der Waals surface area contributed by atoms with Crippen LogP contribution in [0, 0.1) is 5.92 Å². The van der Waals surface area contributed by atoms with Crippen molar-refractivity contribution >= 4 is 17.7 Å². The molecule has 2 aromatic rings. The van der Waals surface area contributed by atoms with E-state index in [0.29, 0.717) is 17.7 Å². The summed E-state index contributed by atoms with van der Waals surface area (Å²) in [5.41, 5.74) is 3.31. The highest BCUT2D eigenvalue weighted by molar-refractivity contribution is 6.21. The van der Waals surface area contributed by atoms with E-state index in [2.05, 4.69) is 29.3 Å². The lowest BCUT2D eigenvalue weighted by Gasteiger charge is -2.30. The molecular formula is C24H27N3O3. The van der Waals surface area contributed by atoms with Gasteiger partial charge in [0.1, 0.15) is 0 Å². The Bertz CT molecular complexity index is 984. The lowest BCUT2D eigenvalue weighted by atomic mass is 9.99. The van der Waals surface area contributed by atoms with Crippen molar-refractivity contribution in [1.82, 2.24) is 15.1 Å². The molecule has 2 aliphatic rings. The summed E-state index contributed by atoms with van der Waals surface area (Å²) in [5, 5.41) is 2.89. The molecule has 0 saturated carbocycles. The summed E-state index contributed by atoms with van der Waals surface area (Å²) in [7, 11) is 1.44. The van der Waals surface area contributed by atoms with Crippen LogP contribution in [0.4, 0.5) is 0 Å². The topological polar surface area (TPSA) is 69.7 Å². The third-order valence-corrected chi connectivity index (χ3v) is 5.98. The van der Waals surface area contributed by atoms with Gasteiger partial charge in [0.05, 0.1) is 11.1 Å². The van der Waals surface area contributed by atoms with E-state index >= 15 is 0 Å². The van der Waals surface area contributed by atoms with Gasteiger partial charge in [-0.15, -0.1) is 0 Å². The van der Waals surface area contributed by atoms with Crippen molar-refractivity contribution in [3.63, 3.8) is 0 Å². The van der Waals surface area contributed by atoms with E-state index in [9.17, 15) is 14.4 Å². The van der Waals surface area contributed by atoms with Gasteiger partial charge < -0.3 is 5.32 Å². The first kappa shape index (κ1) is 20.3. The molecule has 0 aromatic heterocycles. The first-order chi connectivity index (χ1) is 14.4. The van der Waals surface area contributed by atoms with Crippen molar-refractivity contribution in [2.75, 3.05) is 20.1 Å². The molecule has 0 spiro atoms. The number of rotatable bonds is 5. The summed E-state index contributed by atoms with van der Waals surface area (Å²) in [6, 6.07) is 13.0. The Kier molecular flexibility index (Phi) is 5.68. The fraction of sp³-hybridized carbons (Fsp3) is 0.375. The summed E-state index contributed by atoms with van der Waals surface area (Å²) < 4.78 is 0. The van der Waals surface area contributed by atoms with Crippen molar-refractivity contribution in [2.24, 2.45) is 5.92 Å². The number of hydrogen-bond donors (Lipinski definition) is 1. The molecule has 1 N–H and O–H groups in total. The van der Waals surface area contributed by atoms with Gasteiger partial charge in [-0.3, -0.25) is 24.2 Å². The molecule has 1 saturated heterocycles. The molecule has 2 aromatic carbocycles. The molecule has 0 bridgehead atoms. The molecule has 0 aliphatic carbocycles. The zero-order valence-electron chi connectivity index (χ0n) is 17.5.